The van der Waals surface area contributed by atoms with E-state index in [2.05, 4.69) is 21.4 Å². The normalized spacial score (nSPS) is 23.5. The van der Waals surface area contributed by atoms with Crippen molar-refractivity contribution in [3.05, 3.63) is 59.5 Å². The third kappa shape index (κ3) is 5.19. The summed E-state index contributed by atoms with van der Waals surface area (Å²) in [6.45, 7) is 12.0. The lowest BCUT2D eigenvalue weighted by Gasteiger charge is -2.31. The van der Waals surface area contributed by atoms with Gasteiger partial charge in [0.15, 0.2) is 5.82 Å². The average molecular weight is 691 g/mol. The molecule has 3 saturated heterocycles. The first-order chi connectivity index (χ1) is 23.5. The Morgan fingerprint density at radius 3 is 2.86 bits per heavy atom. The van der Waals surface area contributed by atoms with E-state index in [0.29, 0.717) is 6.42 Å². The van der Waals surface area contributed by atoms with Crippen LogP contribution in [-0.4, -0.2) is 89.4 Å². The summed E-state index contributed by atoms with van der Waals surface area (Å²) in [6, 6.07) is 4.62. The van der Waals surface area contributed by atoms with Gasteiger partial charge in [0.25, 0.3) is 0 Å². The van der Waals surface area contributed by atoms with Gasteiger partial charge in [-0.15, -0.1) is 11.3 Å². The van der Waals surface area contributed by atoms with Gasteiger partial charge in [-0.3, -0.25) is 9.69 Å². The number of likely N-dealkylation sites (tertiary alicyclic amines) is 1. The number of hydrogen-bond acceptors (Lipinski definition) is 9. The van der Waals surface area contributed by atoms with Gasteiger partial charge in [-0.2, -0.15) is 15.2 Å². The summed E-state index contributed by atoms with van der Waals surface area (Å²) < 4.78 is 68.1. The Bertz CT molecular complexity index is 2130. The van der Waals surface area contributed by atoms with Crippen LogP contribution in [0.4, 0.5) is 34.1 Å². The predicted molar refractivity (Wildman–Crippen MR) is 178 cm³/mol. The molecule has 3 aliphatic rings. The van der Waals surface area contributed by atoms with Gasteiger partial charge in [-0.25, -0.2) is 22.4 Å². The fraction of sp³-hybridized carbons (Fsp3) is 0.382. The van der Waals surface area contributed by atoms with Crippen molar-refractivity contribution in [3.8, 4) is 23.2 Å². The Kier molecular flexibility index (Phi) is 8.08. The molecule has 0 radical (unpaired) electrons. The largest absolute Gasteiger partial charge is 0.461 e. The number of amides is 1. The zero-order valence-electron chi connectivity index (χ0n) is 26.3. The highest BCUT2D eigenvalue weighted by molar-refractivity contribution is 7.23. The number of anilines is 2. The number of ether oxygens (including phenoxy) is 1. The molecule has 2 aromatic carbocycles. The lowest BCUT2D eigenvalue weighted by molar-refractivity contribution is -0.125. The molecule has 1 amide bonds. The molecule has 0 bridgehead atoms. The molecule has 3 aliphatic heterocycles. The number of nitrogens with two attached hydrogens (primary N) is 1. The number of nitrogen functional groups attached to an aromatic ring is 1. The van der Waals surface area contributed by atoms with Crippen molar-refractivity contribution in [2.75, 3.05) is 50.5 Å². The number of alkyl halides is 2. The van der Waals surface area contributed by atoms with E-state index < -0.39 is 41.5 Å². The highest BCUT2D eigenvalue weighted by Gasteiger charge is 2.49. The molecule has 0 aliphatic carbocycles. The van der Waals surface area contributed by atoms with Crippen LogP contribution in [0.2, 0.25) is 0 Å². The van der Waals surface area contributed by atoms with E-state index in [1.165, 1.54) is 21.9 Å². The number of nitriles is 1. The minimum absolute atomic E-state index is 0.0155. The van der Waals surface area contributed by atoms with E-state index in [1.54, 1.807) is 7.05 Å². The molecular weight excluding hydrogens is 660 g/mol. The molecule has 10 nitrogen and oxygen atoms in total. The van der Waals surface area contributed by atoms with Gasteiger partial charge < -0.3 is 20.3 Å². The second kappa shape index (κ2) is 12.2. The van der Waals surface area contributed by atoms with E-state index >= 15 is 8.78 Å². The molecule has 7 rings (SSSR count). The van der Waals surface area contributed by atoms with Crippen LogP contribution in [0, 0.1) is 29.5 Å². The van der Waals surface area contributed by atoms with Crippen molar-refractivity contribution in [1.29, 1.82) is 5.26 Å². The number of likely N-dealkylation sites (N-methyl/N-ethyl adjacent to an activating group) is 1. The maximum Gasteiger partial charge on any atom is 0.319 e. The number of nitrogens with zero attached hydrogens (tertiary/aromatic N) is 7. The summed E-state index contributed by atoms with van der Waals surface area (Å²) >= 11 is 0.845. The Morgan fingerprint density at radius 1 is 1.33 bits per heavy atom. The van der Waals surface area contributed by atoms with Crippen LogP contribution in [0.25, 0.3) is 37.0 Å². The van der Waals surface area contributed by atoms with Gasteiger partial charge in [0.05, 0.1) is 46.0 Å². The number of halogens is 4. The maximum atomic E-state index is 17.1. The number of benzene rings is 2. The SMILES string of the molecule is [C-]#[N+]c1c(N)sc2c(F)ccc(-c3c(C#N)cc4c(N(C)C5CN(C(=O)C=C)CC5F)nc(OCC56CCCN5CC(F)C6)nc4c3F)c12. The van der Waals surface area contributed by atoms with E-state index in [0.717, 1.165) is 36.4 Å². The van der Waals surface area contributed by atoms with Gasteiger partial charge in [-0.1, -0.05) is 12.6 Å². The van der Waals surface area contributed by atoms with Crippen LogP contribution in [0.1, 0.15) is 24.8 Å². The quantitative estimate of drug-likeness (QED) is 0.144. The van der Waals surface area contributed by atoms with E-state index in [9.17, 15) is 18.8 Å². The number of carbonyl (C=O) groups is 1. The van der Waals surface area contributed by atoms with E-state index in [4.69, 9.17) is 17.0 Å². The number of hydrogen-bond donors (Lipinski definition) is 1. The number of carbonyl (C=O) groups excluding carboxylic acids is 1. The predicted octanol–water partition coefficient (Wildman–Crippen LogP) is 5.92. The Morgan fingerprint density at radius 2 is 2.12 bits per heavy atom. The molecule has 2 N–H and O–H groups in total. The molecule has 4 atom stereocenters. The van der Waals surface area contributed by atoms with Gasteiger partial charge in [-0.05, 0) is 43.2 Å². The molecule has 4 aromatic rings. The van der Waals surface area contributed by atoms with Crippen LogP contribution < -0.4 is 15.4 Å². The van der Waals surface area contributed by atoms with Crippen LogP contribution in [0.15, 0.2) is 30.9 Å². The summed E-state index contributed by atoms with van der Waals surface area (Å²) in [4.78, 5) is 29.6. The van der Waals surface area contributed by atoms with Crippen molar-refractivity contribution < 1.29 is 27.1 Å². The molecular formula is C34H30F4N8O2S. The first-order valence-electron chi connectivity index (χ1n) is 15.6. The zero-order chi connectivity index (χ0) is 34.8. The molecule has 5 heterocycles. The molecule has 15 heteroatoms. The minimum atomic E-state index is -1.50. The van der Waals surface area contributed by atoms with E-state index in [-0.39, 0.29) is 92.9 Å². The summed E-state index contributed by atoms with van der Waals surface area (Å²) in [7, 11) is 1.55. The van der Waals surface area contributed by atoms with Crippen molar-refractivity contribution in [1.82, 2.24) is 19.8 Å². The van der Waals surface area contributed by atoms with Crippen molar-refractivity contribution in [3.63, 3.8) is 0 Å². The molecule has 3 fully saturated rings. The first kappa shape index (κ1) is 32.6. The molecule has 49 heavy (non-hydrogen) atoms. The molecule has 4 unspecified atom stereocenters. The number of rotatable bonds is 7. The second-order valence-electron chi connectivity index (χ2n) is 12.7. The first-order valence-corrected chi connectivity index (χ1v) is 16.4. The summed E-state index contributed by atoms with van der Waals surface area (Å²) in [5, 5.41) is 10.5. The molecule has 0 saturated carbocycles. The topological polar surface area (TPSA) is 116 Å². The smallest absolute Gasteiger partial charge is 0.319 e. The summed E-state index contributed by atoms with van der Waals surface area (Å²) in [5.41, 5.74) is 4.80. The van der Waals surface area contributed by atoms with Gasteiger partial charge in [0, 0.05) is 42.9 Å². The van der Waals surface area contributed by atoms with E-state index in [1.807, 2.05) is 11.0 Å². The van der Waals surface area contributed by atoms with Crippen molar-refractivity contribution in [2.24, 2.45) is 0 Å². The van der Waals surface area contributed by atoms with Gasteiger partial charge >= 0.3 is 6.01 Å². The average Bonchev–Trinajstić information content (AvgIpc) is 3.84. The van der Waals surface area contributed by atoms with Crippen LogP contribution in [0.5, 0.6) is 6.01 Å². The highest BCUT2D eigenvalue weighted by Crippen LogP contribution is 2.48. The number of fused-ring (bicyclic) bond motifs is 3. The van der Waals surface area contributed by atoms with Gasteiger partial charge in [0.1, 0.15) is 36.1 Å². The van der Waals surface area contributed by atoms with Crippen molar-refractivity contribution in [2.45, 2.75) is 43.2 Å². The summed E-state index contributed by atoms with van der Waals surface area (Å²) in [6.07, 6.45) is 0.409. The Hall–Kier alpha value is -4.99. The standard InChI is InChI=1S/C34H30F4N8O2S/c1-4-24(47)45-14-22(37)23(15-45)44(3)32-20-10-17(12-39)25(19-6-7-21(36)30-26(19)29(41-2)31(40)49-30)27(38)28(20)42-33(43-32)48-16-34-8-5-9-46(34)13-18(35)11-34/h4,6-7,10,18,22-23H,1,5,8-9,11,13-16,40H2,3H3. The number of thiophene rings is 1. The Labute approximate surface area is 282 Å². The fourth-order valence-corrected chi connectivity index (χ4v) is 8.53. The van der Waals surface area contributed by atoms with Crippen LogP contribution >= 0.6 is 11.3 Å². The third-order valence-electron chi connectivity index (χ3n) is 9.95. The number of aromatic nitrogens is 2. The van der Waals surface area contributed by atoms with Crippen LogP contribution in [0.3, 0.4) is 0 Å². The lowest BCUT2D eigenvalue weighted by Crippen LogP contribution is -2.43. The fourth-order valence-electron chi connectivity index (χ4n) is 7.59. The highest BCUT2D eigenvalue weighted by atomic mass is 32.1. The Balaban J connectivity index is 1.41. The molecule has 0 spiro atoms. The zero-order valence-corrected chi connectivity index (χ0v) is 27.2. The molecule has 252 valence electrons. The monoisotopic (exact) mass is 690 g/mol. The van der Waals surface area contributed by atoms with Crippen molar-refractivity contribution >= 4 is 54.7 Å². The van der Waals surface area contributed by atoms with Crippen LogP contribution in [-0.2, 0) is 4.79 Å². The minimum Gasteiger partial charge on any atom is -0.461 e. The third-order valence-corrected chi connectivity index (χ3v) is 11.0. The summed E-state index contributed by atoms with van der Waals surface area (Å²) in [5.74, 6) is -2.03. The lowest BCUT2D eigenvalue weighted by atomic mass is 9.94. The van der Waals surface area contributed by atoms with Gasteiger partial charge in [0.2, 0.25) is 11.6 Å². The maximum absolute atomic E-state index is 17.1. The second-order valence-corrected chi connectivity index (χ2v) is 13.7. The molecule has 2 aromatic heterocycles.